The SMILES string of the molecule is Cc1ccc(-c2ccc(S(=O)(=O)N[C@H](Cc3c[nH]c4ncccc34)C(=O)O)s2)cc1. The van der Waals surface area contributed by atoms with Crippen LogP contribution in [-0.4, -0.2) is 35.5 Å². The molecule has 3 heterocycles. The second-order valence-electron chi connectivity index (χ2n) is 6.91. The highest BCUT2D eigenvalue weighted by atomic mass is 32.2. The van der Waals surface area contributed by atoms with E-state index in [1.807, 2.05) is 37.3 Å². The number of nitrogens with one attached hydrogen (secondary N) is 2. The summed E-state index contributed by atoms with van der Waals surface area (Å²) in [5.41, 5.74) is 3.33. The quantitative estimate of drug-likeness (QED) is 0.406. The molecule has 7 nitrogen and oxygen atoms in total. The normalized spacial score (nSPS) is 12.8. The highest BCUT2D eigenvalue weighted by molar-refractivity contribution is 7.91. The average molecular weight is 442 g/mol. The molecular weight excluding hydrogens is 422 g/mol. The van der Waals surface area contributed by atoms with Gasteiger partial charge in [-0.25, -0.2) is 13.4 Å². The van der Waals surface area contributed by atoms with Crippen molar-refractivity contribution < 1.29 is 18.3 Å². The fraction of sp³-hybridized carbons (Fsp3) is 0.143. The minimum atomic E-state index is -3.99. The van der Waals surface area contributed by atoms with E-state index in [4.69, 9.17) is 0 Å². The largest absolute Gasteiger partial charge is 0.480 e. The second kappa shape index (κ2) is 8.02. The van der Waals surface area contributed by atoms with Gasteiger partial charge in [0, 0.05) is 29.1 Å². The maximum Gasteiger partial charge on any atom is 0.322 e. The van der Waals surface area contributed by atoms with Crippen LogP contribution in [0.1, 0.15) is 11.1 Å². The number of nitrogens with zero attached hydrogens (tertiary/aromatic N) is 1. The van der Waals surface area contributed by atoms with E-state index in [0.29, 0.717) is 11.2 Å². The van der Waals surface area contributed by atoms with Crippen LogP contribution in [0.5, 0.6) is 0 Å². The minimum absolute atomic E-state index is 0.00352. The van der Waals surface area contributed by atoms with Crippen molar-refractivity contribution >= 4 is 38.4 Å². The number of aromatic nitrogens is 2. The molecule has 0 fully saturated rings. The van der Waals surface area contributed by atoms with E-state index in [9.17, 15) is 18.3 Å². The number of H-pyrrole nitrogens is 1. The van der Waals surface area contributed by atoms with Crippen LogP contribution in [-0.2, 0) is 21.2 Å². The molecule has 0 amide bonds. The van der Waals surface area contributed by atoms with E-state index in [1.54, 1.807) is 24.5 Å². The molecule has 9 heteroatoms. The number of pyridine rings is 1. The molecule has 0 aliphatic rings. The summed E-state index contributed by atoms with van der Waals surface area (Å²) in [4.78, 5) is 19.7. The third-order valence-corrected chi connectivity index (χ3v) is 7.84. The Morgan fingerprint density at radius 3 is 2.70 bits per heavy atom. The Morgan fingerprint density at radius 2 is 1.97 bits per heavy atom. The molecule has 0 saturated heterocycles. The lowest BCUT2D eigenvalue weighted by atomic mass is 10.1. The van der Waals surface area contributed by atoms with Crippen molar-refractivity contribution in [1.29, 1.82) is 0 Å². The van der Waals surface area contributed by atoms with Crippen molar-refractivity contribution in [2.75, 3.05) is 0 Å². The topological polar surface area (TPSA) is 112 Å². The van der Waals surface area contributed by atoms with Crippen molar-refractivity contribution in [3.05, 3.63) is 72.1 Å². The molecule has 4 rings (SSSR count). The van der Waals surface area contributed by atoms with Gasteiger partial charge in [-0.05, 0) is 42.3 Å². The van der Waals surface area contributed by atoms with E-state index < -0.39 is 22.0 Å². The first-order valence-corrected chi connectivity index (χ1v) is 11.5. The fourth-order valence-electron chi connectivity index (χ4n) is 3.16. The highest BCUT2D eigenvalue weighted by Crippen LogP contribution is 2.31. The number of rotatable bonds is 7. The predicted molar refractivity (Wildman–Crippen MR) is 116 cm³/mol. The Kier molecular flexibility index (Phi) is 5.42. The van der Waals surface area contributed by atoms with Gasteiger partial charge in [0.15, 0.2) is 0 Å². The Hall–Kier alpha value is -3.01. The van der Waals surface area contributed by atoms with Crippen LogP contribution in [0.4, 0.5) is 0 Å². The number of carbonyl (C=O) groups is 1. The lowest BCUT2D eigenvalue weighted by Gasteiger charge is -2.13. The number of carboxylic acids is 1. The van der Waals surface area contributed by atoms with Crippen LogP contribution in [0, 0.1) is 6.92 Å². The molecule has 0 bridgehead atoms. The van der Waals surface area contributed by atoms with Gasteiger partial charge in [-0.15, -0.1) is 11.3 Å². The van der Waals surface area contributed by atoms with E-state index >= 15 is 0 Å². The van der Waals surface area contributed by atoms with Crippen molar-refractivity contribution in [1.82, 2.24) is 14.7 Å². The molecule has 0 radical (unpaired) electrons. The summed E-state index contributed by atoms with van der Waals surface area (Å²) in [6, 6.07) is 13.2. The molecule has 0 saturated carbocycles. The van der Waals surface area contributed by atoms with Gasteiger partial charge in [-0.2, -0.15) is 4.72 Å². The fourth-order valence-corrected chi connectivity index (χ4v) is 5.68. The third-order valence-electron chi connectivity index (χ3n) is 4.74. The smallest absolute Gasteiger partial charge is 0.322 e. The zero-order valence-electron chi connectivity index (χ0n) is 16.0. The number of aliphatic carboxylic acids is 1. The molecule has 3 N–H and O–H groups in total. The number of hydrogen-bond donors (Lipinski definition) is 3. The number of fused-ring (bicyclic) bond motifs is 1. The maximum absolute atomic E-state index is 12.9. The summed E-state index contributed by atoms with van der Waals surface area (Å²) >= 11 is 1.10. The van der Waals surface area contributed by atoms with E-state index in [-0.39, 0.29) is 10.6 Å². The van der Waals surface area contributed by atoms with Gasteiger partial charge in [-0.3, -0.25) is 4.79 Å². The number of aromatic amines is 1. The predicted octanol–water partition coefficient (Wildman–Crippen LogP) is 3.57. The Bertz CT molecular complexity index is 1310. The minimum Gasteiger partial charge on any atom is -0.480 e. The van der Waals surface area contributed by atoms with Gasteiger partial charge in [0.2, 0.25) is 0 Å². The number of carboxylic acid groups (broad SMARTS) is 1. The Labute approximate surface area is 177 Å². The molecule has 3 aromatic heterocycles. The maximum atomic E-state index is 12.9. The number of aryl methyl sites for hydroxylation is 1. The first-order valence-electron chi connectivity index (χ1n) is 9.16. The summed E-state index contributed by atoms with van der Waals surface area (Å²) in [5.74, 6) is -1.24. The zero-order valence-corrected chi connectivity index (χ0v) is 17.6. The van der Waals surface area contributed by atoms with E-state index in [2.05, 4.69) is 14.7 Å². The van der Waals surface area contributed by atoms with Crippen molar-refractivity contribution in [3.8, 4) is 10.4 Å². The van der Waals surface area contributed by atoms with Crippen LogP contribution >= 0.6 is 11.3 Å². The number of benzene rings is 1. The lowest BCUT2D eigenvalue weighted by molar-refractivity contribution is -0.138. The van der Waals surface area contributed by atoms with Crippen LogP contribution in [0.15, 0.2) is 65.1 Å². The number of hydrogen-bond acceptors (Lipinski definition) is 5. The van der Waals surface area contributed by atoms with Crippen molar-refractivity contribution in [2.45, 2.75) is 23.6 Å². The zero-order chi connectivity index (χ0) is 21.3. The van der Waals surface area contributed by atoms with Crippen LogP contribution < -0.4 is 4.72 Å². The standard InChI is InChI=1S/C21H19N3O4S2/c1-13-4-6-14(7-5-13)18-8-9-19(29-18)30(27,28)24-17(21(25)26)11-15-12-23-20-16(15)3-2-10-22-20/h2-10,12,17,24H,11H2,1H3,(H,22,23)(H,25,26)/t17-/m1/s1. The summed E-state index contributed by atoms with van der Waals surface area (Å²) in [6.07, 6.45) is 3.28. The van der Waals surface area contributed by atoms with Gasteiger partial charge in [0.05, 0.1) is 0 Å². The first kappa shape index (κ1) is 20.3. The Morgan fingerprint density at radius 1 is 1.20 bits per heavy atom. The summed E-state index contributed by atoms with van der Waals surface area (Å²) in [5, 5.41) is 10.4. The van der Waals surface area contributed by atoms with Crippen molar-refractivity contribution in [2.24, 2.45) is 0 Å². The van der Waals surface area contributed by atoms with E-state index in [1.165, 1.54) is 6.07 Å². The molecular formula is C21H19N3O4S2. The van der Waals surface area contributed by atoms with Gasteiger partial charge >= 0.3 is 5.97 Å². The molecule has 1 aromatic carbocycles. The van der Waals surface area contributed by atoms with Crippen LogP contribution in [0.25, 0.3) is 21.5 Å². The summed E-state index contributed by atoms with van der Waals surface area (Å²) in [6.45, 7) is 1.98. The molecule has 0 aliphatic heterocycles. The molecule has 0 aliphatic carbocycles. The number of sulfonamides is 1. The molecule has 0 spiro atoms. The van der Waals surface area contributed by atoms with Crippen LogP contribution in [0.3, 0.4) is 0 Å². The van der Waals surface area contributed by atoms with Crippen molar-refractivity contribution in [3.63, 3.8) is 0 Å². The molecule has 154 valence electrons. The summed E-state index contributed by atoms with van der Waals surface area (Å²) < 4.78 is 28.1. The molecule has 30 heavy (non-hydrogen) atoms. The number of thiophene rings is 1. The van der Waals surface area contributed by atoms with E-state index in [0.717, 1.165) is 32.7 Å². The second-order valence-corrected chi connectivity index (χ2v) is 9.94. The van der Waals surface area contributed by atoms with Crippen LogP contribution in [0.2, 0.25) is 0 Å². The lowest BCUT2D eigenvalue weighted by Crippen LogP contribution is -2.41. The van der Waals surface area contributed by atoms with Gasteiger partial charge in [0.25, 0.3) is 10.0 Å². The monoisotopic (exact) mass is 441 g/mol. The molecule has 4 aromatic rings. The first-order chi connectivity index (χ1) is 14.3. The van der Waals surface area contributed by atoms with Gasteiger partial charge in [-0.1, -0.05) is 29.8 Å². The highest BCUT2D eigenvalue weighted by Gasteiger charge is 2.27. The molecule has 0 unspecified atom stereocenters. The summed E-state index contributed by atoms with van der Waals surface area (Å²) in [7, 11) is -3.99. The Balaban J connectivity index is 1.57. The molecule has 1 atom stereocenters. The average Bonchev–Trinajstić information content (AvgIpc) is 3.36. The third kappa shape index (κ3) is 4.13. The van der Waals surface area contributed by atoms with Gasteiger partial charge in [0.1, 0.15) is 15.9 Å². The van der Waals surface area contributed by atoms with Gasteiger partial charge < -0.3 is 10.1 Å².